The number of aryl methyl sites for hydroxylation is 1. The fraction of sp³-hybridized carbons (Fsp3) is 0.562. The van der Waals surface area contributed by atoms with Crippen LogP contribution < -0.4 is 0 Å². The first kappa shape index (κ1) is 13.3. The topological polar surface area (TPSA) is 20.3 Å². The molecular weight excluding hydrogens is 222 g/mol. The Hall–Kier alpha value is -1.15. The molecule has 1 saturated heterocycles. The third-order valence-electron chi connectivity index (χ3n) is 3.87. The molecule has 0 amide bonds. The fourth-order valence-electron chi connectivity index (χ4n) is 2.97. The molecule has 0 N–H and O–H groups in total. The van der Waals surface area contributed by atoms with Crippen LogP contribution in [0.1, 0.15) is 53.7 Å². The summed E-state index contributed by atoms with van der Waals surface area (Å²) in [6.07, 6.45) is 3.56. The van der Waals surface area contributed by atoms with E-state index in [1.54, 1.807) is 6.92 Å². The van der Waals surface area contributed by atoms with Gasteiger partial charge >= 0.3 is 0 Å². The van der Waals surface area contributed by atoms with Crippen LogP contribution in [0.4, 0.5) is 0 Å². The Balaban J connectivity index is 2.28. The first-order valence-corrected chi connectivity index (χ1v) is 6.97. The molecule has 1 aromatic carbocycles. The van der Waals surface area contributed by atoms with Crippen LogP contribution in [0.5, 0.6) is 0 Å². The Morgan fingerprint density at radius 2 is 1.94 bits per heavy atom. The number of likely N-dealkylation sites (tertiary alicyclic amines) is 1. The van der Waals surface area contributed by atoms with Crippen molar-refractivity contribution in [3.05, 3.63) is 34.4 Å². The molecule has 0 unspecified atom stereocenters. The van der Waals surface area contributed by atoms with E-state index >= 15 is 0 Å². The van der Waals surface area contributed by atoms with Crippen LogP contribution >= 0.6 is 0 Å². The Kier molecular flexibility index (Phi) is 4.18. The van der Waals surface area contributed by atoms with Crippen LogP contribution in [0.3, 0.4) is 0 Å². The van der Waals surface area contributed by atoms with Crippen molar-refractivity contribution in [3.8, 4) is 0 Å². The molecule has 1 aliphatic rings. The molecule has 1 aliphatic heterocycles. The number of benzene rings is 1. The summed E-state index contributed by atoms with van der Waals surface area (Å²) in [7, 11) is 0. The number of hydrogen-bond donors (Lipinski definition) is 0. The molecule has 1 heterocycles. The van der Waals surface area contributed by atoms with Gasteiger partial charge in [0.1, 0.15) is 0 Å². The fourth-order valence-corrected chi connectivity index (χ4v) is 2.97. The van der Waals surface area contributed by atoms with E-state index < -0.39 is 0 Å². The molecule has 98 valence electrons. The normalized spacial score (nSPS) is 16.2. The molecule has 2 rings (SSSR count). The minimum atomic E-state index is 0.193. The SMILES string of the molecule is CCc1c(C)cc(CN2CCCC2)cc1C(C)=O. The van der Waals surface area contributed by atoms with Crippen molar-refractivity contribution in [2.45, 2.75) is 46.6 Å². The van der Waals surface area contributed by atoms with Crippen molar-refractivity contribution in [1.82, 2.24) is 4.90 Å². The van der Waals surface area contributed by atoms with Gasteiger partial charge in [-0.2, -0.15) is 0 Å². The molecule has 0 aliphatic carbocycles. The number of carbonyl (C=O) groups excluding carboxylic acids is 1. The zero-order valence-electron chi connectivity index (χ0n) is 11.8. The minimum Gasteiger partial charge on any atom is -0.299 e. The third-order valence-corrected chi connectivity index (χ3v) is 3.87. The number of ketones is 1. The van der Waals surface area contributed by atoms with Crippen molar-refractivity contribution >= 4 is 5.78 Å². The van der Waals surface area contributed by atoms with Gasteiger partial charge in [0, 0.05) is 12.1 Å². The second kappa shape index (κ2) is 5.66. The zero-order valence-corrected chi connectivity index (χ0v) is 11.8. The van der Waals surface area contributed by atoms with E-state index in [2.05, 4.69) is 30.9 Å². The van der Waals surface area contributed by atoms with Gasteiger partial charge in [-0.25, -0.2) is 0 Å². The van der Waals surface area contributed by atoms with Crippen molar-refractivity contribution in [2.75, 3.05) is 13.1 Å². The van der Waals surface area contributed by atoms with Crippen LogP contribution in [0, 0.1) is 6.92 Å². The maximum atomic E-state index is 11.8. The summed E-state index contributed by atoms with van der Waals surface area (Å²) in [4.78, 5) is 14.2. The molecule has 1 aromatic rings. The Bertz CT molecular complexity index is 445. The van der Waals surface area contributed by atoms with Crippen LogP contribution in [-0.2, 0) is 13.0 Å². The first-order valence-electron chi connectivity index (χ1n) is 6.97. The van der Waals surface area contributed by atoms with E-state index in [0.717, 1.165) is 18.5 Å². The molecule has 2 nitrogen and oxygen atoms in total. The van der Waals surface area contributed by atoms with Gasteiger partial charge < -0.3 is 0 Å². The number of hydrogen-bond acceptors (Lipinski definition) is 2. The third kappa shape index (κ3) is 2.81. The molecule has 0 spiro atoms. The Labute approximate surface area is 110 Å². The molecule has 2 heteroatoms. The second-order valence-corrected chi connectivity index (χ2v) is 5.33. The van der Waals surface area contributed by atoms with Gasteiger partial charge in [0.2, 0.25) is 0 Å². The summed E-state index contributed by atoms with van der Waals surface area (Å²) in [6.45, 7) is 9.31. The van der Waals surface area contributed by atoms with E-state index in [1.165, 1.54) is 42.6 Å². The van der Waals surface area contributed by atoms with E-state index in [0.29, 0.717) is 0 Å². The molecule has 0 atom stereocenters. The lowest BCUT2D eigenvalue weighted by molar-refractivity contribution is 0.101. The van der Waals surface area contributed by atoms with Crippen LogP contribution in [0.25, 0.3) is 0 Å². The summed E-state index contributed by atoms with van der Waals surface area (Å²) in [5.41, 5.74) is 4.69. The molecule has 1 fully saturated rings. The highest BCUT2D eigenvalue weighted by molar-refractivity contribution is 5.96. The maximum Gasteiger partial charge on any atom is 0.160 e. The van der Waals surface area contributed by atoms with Gasteiger partial charge in [-0.15, -0.1) is 0 Å². The van der Waals surface area contributed by atoms with Gasteiger partial charge in [-0.1, -0.05) is 13.0 Å². The summed E-state index contributed by atoms with van der Waals surface area (Å²) < 4.78 is 0. The Morgan fingerprint density at radius 3 is 2.50 bits per heavy atom. The van der Waals surface area contributed by atoms with Gasteiger partial charge in [0.25, 0.3) is 0 Å². The highest BCUT2D eigenvalue weighted by Gasteiger charge is 2.15. The number of carbonyl (C=O) groups is 1. The molecule has 0 saturated carbocycles. The average Bonchev–Trinajstić information content (AvgIpc) is 2.81. The second-order valence-electron chi connectivity index (χ2n) is 5.33. The van der Waals surface area contributed by atoms with E-state index in [-0.39, 0.29) is 5.78 Å². The average molecular weight is 245 g/mol. The van der Waals surface area contributed by atoms with E-state index in [9.17, 15) is 4.79 Å². The predicted molar refractivity (Wildman–Crippen MR) is 75.1 cm³/mol. The highest BCUT2D eigenvalue weighted by Crippen LogP contribution is 2.21. The largest absolute Gasteiger partial charge is 0.299 e. The van der Waals surface area contributed by atoms with Crippen LogP contribution in [-0.4, -0.2) is 23.8 Å². The molecule has 0 radical (unpaired) electrons. The molecule has 0 aromatic heterocycles. The van der Waals surface area contributed by atoms with Crippen LogP contribution in [0.2, 0.25) is 0 Å². The molecule has 18 heavy (non-hydrogen) atoms. The van der Waals surface area contributed by atoms with Gasteiger partial charge in [0.15, 0.2) is 5.78 Å². The van der Waals surface area contributed by atoms with Crippen LogP contribution in [0.15, 0.2) is 12.1 Å². The summed E-state index contributed by atoms with van der Waals surface area (Å²) in [6, 6.07) is 4.36. The van der Waals surface area contributed by atoms with Gasteiger partial charge in [-0.05, 0) is 69.0 Å². The smallest absolute Gasteiger partial charge is 0.160 e. The first-order chi connectivity index (χ1) is 8.61. The highest BCUT2D eigenvalue weighted by atomic mass is 16.1. The maximum absolute atomic E-state index is 11.8. The number of nitrogens with zero attached hydrogens (tertiary/aromatic N) is 1. The van der Waals surface area contributed by atoms with Crippen molar-refractivity contribution in [3.63, 3.8) is 0 Å². The summed E-state index contributed by atoms with van der Waals surface area (Å²) >= 11 is 0. The lowest BCUT2D eigenvalue weighted by Crippen LogP contribution is -2.19. The zero-order chi connectivity index (χ0) is 13.1. The van der Waals surface area contributed by atoms with Crippen molar-refractivity contribution < 1.29 is 4.79 Å². The lowest BCUT2D eigenvalue weighted by atomic mass is 9.94. The summed E-state index contributed by atoms with van der Waals surface area (Å²) in [5, 5.41) is 0. The number of Topliss-reactive ketones (excluding diaryl/α,β-unsaturated/α-hetero) is 1. The number of rotatable bonds is 4. The van der Waals surface area contributed by atoms with Crippen molar-refractivity contribution in [1.29, 1.82) is 0 Å². The quantitative estimate of drug-likeness (QED) is 0.758. The molecule has 0 bridgehead atoms. The summed E-state index contributed by atoms with van der Waals surface area (Å²) in [5.74, 6) is 0.193. The standard InChI is InChI=1S/C16H23NO/c1-4-15-12(2)9-14(10-16(15)13(3)18)11-17-7-5-6-8-17/h9-10H,4-8,11H2,1-3H3. The van der Waals surface area contributed by atoms with Gasteiger partial charge in [-0.3, -0.25) is 9.69 Å². The van der Waals surface area contributed by atoms with E-state index in [4.69, 9.17) is 0 Å². The van der Waals surface area contributed by atoms with Gasteiger partial charge in [0.05, 0.1) is 0 Å². The van der Waals surface area contributed by atoms with Crippen molar-refractivity contribution in [2.24, 2.45) is 0 Å². The molecular formula is C16H23NO. The lowest BCUT2D eigenvalue weighted by Gasteiger charge is -2.17. The Morgan fingerprint density at radius 1 is 1.28 bits per heavy atom. The monoisotopic (exact) mass is 245 g/mol. The predicted octanol–water partition coefficient (Wildman–Crippen LogP) is 3.36. The minimum absolute atomic E-state index is 0.193. The van der Waals surface area contributed by atoms with E-state index in [1.807, 2.05) is 0 Å².